The van der Waals surface area contributed by atoms with Crippen LogP contribution < -0.4 is 11.2 Å². The molecule has 0 spiro atoms. The van der Waals surface area contributed by atoms with Crippen LogP contribution in [0.3, 0.4) is 0 Å². The van der Waals surface area contributed by atoms with Crippen LogP contribution in [0.25, 0.3) is 22.6 Å². The molecular weight excluding hydrogens is 418 g/mol. The van der Waals surface area contributed by atoms with Gasteiger partial charge >= 0.3 is 5.69 Å². The van der Waals surface area contributed by atoms with E-state index in [0.717, 1.165) is 10.1 Å². The molecule has 0 saturated heterocycles. The van der Waals surface area contributed by atoms with E-state index in [9.17, 15) is 18.4 Å². The first-order valence-electron chi connectivity index (χ1n) is 10.4. The molecule has 2 heterocycles. The van der Waals surface area contributed by atoms with Crippen LogP contribution in [0.15, 0.2) is 57.7 Å². The number of aliphatic hydroxyl groups is 1. The van der Waals surface area contributed by atoms with Gasteiger partial charge in [0, 0.05) is 38.2 Å². The zero-order valence-corrected chi connectivity index (χ0v) is 17.8. The van der Waals surface area contributed by atoms with Crippen molar-refractivity contribution in [3.63, 3.8) is 0 Å². The van der Waals surface area contributed by atoms with Crippen LogP contribution in [-0.2, 0) is 20.1 Å². The molecule has 3 aromatic rings. The largest absolute Gasteiger partial charge is 0.396 e. The highest BCUT2D eigenvalue weighted by atomic mass is 19.1. The molecule has 1 aliphatic rings. The number of hydrogen-bond donors (Lipinski definition) is 1. The normalized spacial score (nSPS) is 18.3. The lowest BCUT2D eigenvalue weighted by Crippen LogP contribution is -2.40. The molecule has 0 saturated carbocycles. The summed E-state index contributed by atoms with van der Waals surface area (Å²) in [5.74, 6) is -0.454. The standard InChI is InChI=1S/C23H24F2N4O3/c1-14-11-15(7-8-18(14)25)13-29-19-21(26-20(29)16-5-3-6-17(24)12-16)27(2)23(32)28(22(19)31)9-4-10-30/h3,5-8,11-12,14,18,30H,4,9-10,13H2,1-2H3. The molecule has 1 aromatic carbocycles. The molecule has 2 aromatic heterocycles. The molecule has 1 N–H and O–H groups in total. The first kappa shape index (κ1) is 21.9. The number of hydrogen-bond acceptors (Lipinski definition) is 4. The van der Waals surface area contributed by atoms with Gasteiger partial charge in [-0.05, 0) is 30.2 Å². The van der Waals surface area contributed by atoms with Crippen LogP contribution in [-0.4, -0.2) is 36.6 Å². The maximum absolute atomic E-state index is 14.0. The molecule has 1 aliphatic carbocycles. The molecular formula is C23H24F2N4O3. The van der Waals surface area contributed by atoms with E-state index in [0.29, 0.717) is 11.4 Å². The van der Waals surface area contributed by atoms with Crippen LogP contribution in [0.5, 0.6) is 0 Å². The highest BCUT2D eigenvalue weighted by Crippen LogP contribution is 2.27. The van der Waals surface area contributed by atoms with E-state index in [1.165, 1.54) is 29.8 Å². The minimum atomic E-state index is -1.09. The lowest BCUT2D eigenvalue weighted by molar-refractivity contribution is 0.277. The van der Waals surface area contributed by atoms with Crippen molar-refractivity contribution in [2.45, 2.75) is 32.6 Å². The highest BCUT2D eigenvalue weighted by Gasteiger charge is 2.23. The monoisotopic (exact) mass is 442 g/mol. The smallest absolute Gasteiger partial charge is 0.332 e. The topological polar surface area (TPSA) is 82.1 Å². The molecule has 0 radical (unpaired) electrons. The molecule has 0 aliphatic heterocycles. The van der Waals surface area contributed by atoms with Crippen molar-refractivity contribution in [3.8, 4) is 11.4 Å². The van der Waals surface area contributed by atoms with E-state index in [2.05, 4.69) is 4.98 Å². The van der Waals surface area contributed by atoms with Crippen molar-refractivity contribution in [3.05, 3.63) is 74.7 Å². The summed E-state index contributed by atoms with van der Waals surface area (Å²) in [5.41, 5.74) is 0.510. The summed E-state index contributed by atoms with van der Waals surface area (Å²) in [6.07, 6.45) is 4.08. The van der Waals surface area contributed by atoms with Gasteiger partial charge in [0.1, 0.15) is 17.8 Å². The van der Waals surface area contributed by atoms with Crippen LogP contribution in [0.1, 0.15) is 13.3 Å². The number of allylic oxidation sites excluding steroid dienone is 4. The van der Waals surface area contributed by atoms with Gasteiger partial charge in [0.25, 0.3) is 5.56 Å². The number of halogens is 2. The minimum Gasteiger partial charge on any atom is -0.396 e. The zero-order chi connectivity index (χ0) is 23.0. The molecule has 2 atom stereocenters. The van der Waals surface area contributed by atoms with Crippen molar-refractivity contribution in [2.75, 3.05) is 6.61 Å². The van der Waals surface area contributed by atoms with E-state index < -0.39 is 23.2 Å². The van der Waals surface area contributed by atoms with Gasteiger partial charge < -0.3 is 9.67 Å². The molecule has 7 nitrogen and oxygen atoms in total. The van der Waals surface area contributed by atoms with Crippen molar-refractivity contribution in [1.29, 1.82) is 0 Å². The number of aryl methyl sites for hydroxylation is 1. The second-order valence-electron chi connectivity index (χ2n) is 7.98. The molecule has 9 heteroatoms. The second-order valence-corrected chi connectivity index (χ2v) is 7.98. The number of rotatable bonds is 6. The highest BCUT2D eigenvalue weighted by molar-refractivity contribution is 5.77. The molecule has 2 unspecified atom stereocenters. The molecule has 4 rings (SSSR count). The van der Waals surface area contributed by atoms with Crippen LogP contribution in [0, 0.1) is 11.7 Å². The summed E-state index contributed by atoms with van der Waals surface area (Å²) in [5, 5.41) is 9.16. The Balaban J connectivity index is 1.99. The number of imidazole rings is 1. The Labute approximate surface area is 182 Å². The first-order valence-corrected chi connectivity index (χ1v) is 10.4. The second kappa shape index (κ2) is 8.66. The van der Waals surface area contributed by atoms with Gasteiger partial charge in [-0.25, -0.2) is 18.6 Å². The van der Waals surface area contributed by atoms with Crippen molar-refractivity contribution in [2.24, 2.45) is 13.0 Å². The van der Waals surface area contributed by atoms with Gasteiger partial charge in [-0.2, -0.15) is 0 Å². The summed E-state index contributed by atoms with van der Waals surface area (Å²) in [4.78, 5) is 30.6. The molecule has 0 amide bonds. The zero-order valence-electron chi connectivity index (χ0n) is 17.8. The van der Waals surface area contributed by atoms with E-state index >= 15 is 0 Å². The summed E-state index contributed by atoms with van der Waals surface area (Å²) in [6, 6.07) is 5.84. The Kier molecular flexibility index (Phi) is 5.92. The van der Waals surface area contributed by atoms with Crippen molar-refractivity contribution < 1.29 is 13.9 Å². The van der Waals surface area contributed by atoms with Gasteiger partial charge in [0.15, 0.2) is 11.2 Å². The fraction of sp³-hybridized carbons (Fsp3) is 0.348. The summed E-state index contributed by atoms with van der Waals surface area (Å²) >= 11 is 0. The van der Waals surface area contributed by atoms with Gasteiger partial charge in [-0.1, -0.05) is 31.2 Å². The fourth-order valence-electron chi connectivity index (χ4n) is 3.96. The van der Waals surface area contributed by atoms with E-state index in [-0.39, 0.29) is 43.2 Å². The Hall–Kier alpha value is -3.33. The number of nitrogens with zero attached hydrogens (tertiary/aromatic N) is 4. The number of fused-ring (bicyclic) bond motifs is 1. The third-order valence-corrected chi connectivity index (χ3v) is 5.67. The average molecular weight is 442 g/mol. The van der Waals surface area contributed by atoms with E-state index in [4.69, 9.17) is 5.11 Å². The molecule has 0 fully saturated rings. The number of aromatic nitrogens is 4. The Morgan fingerprint density at radius 3 is 2.69 bits per heavy atom. The summed E-state index contributed by atoms with van der Waals surface area (Å²) in [7, 11) is 1.52. The van der Waals surface area contributed by atoms with Crippen molar-refractivity contribution >= 4 is 11.2 Å². The van der Waals surface area contributed by atoms with Crippen LogP contribution >= 0.6 is 0 Å². The predicted octanol–water partition coefficient (Wildman–Crippen LogP) is 2.56. The molecule has 32 heavy (non-hydrogen) atoms. The maximum Gasteiger partial charge on any atom is 0.332 e. The van der Waals surface area contributed by atoms with Crippen LogP contribution in [0.2, 0.25) is 0 Å². The number of aliphatic hydroxyl groups excluding tert-OH is 1. The number of alkyl halides is 1. The minimum absolute atomic E-state index is 0.0571. The molecule has 0 bridgehead atoms. The van der Waals surface area contributed by atoms with Crippen molar-refractivity contribution in [1.82, 2.24) is 18.7 Å². The van der Waals surface area contributed by atoms with Gasteiger partial charge in [-0.3, -0.25) is 13.9 Å². The average Bonchev–Trinajstić information content (AvgIpc) is 3.14. The van der Waals surface area contributed by atoms with Crippen LogP contribution in [0.4, 0.5) is 8.78 Å². The Morgan fingerprint density at radius 2 is 2.00 bits per heavy atom. The summed E-state index contributed by atoms with van der Waals surface area (Å²) in [6.45, 7) is 1.85. The van der Waals surface area contributed by atoms with Gasteiger partial charge in [-0.15, -0.1) is 0 Å². The third kappa shape index (κ3) is 3.84. The van der Waals surface area contributed by atoms with E-state index in [1.807, 2.05) is 0 Å². The van der Waals surface area contributed by atoms with Gasteiger partial charge in [0.2, 0.25) is 0 Å². The van der Waals surface area contributed by atoms with E-state index in [1.54, 1.807) is 35.8 Å². The SMILES string of the molecule is CC1C=C(Cn2c(-c3cccc(F)c3)nc3c2c(=O)n(CCCO)c(=O)n3C)C=CC1F. The third-order valence-electron chi connectivity index (χ3n) is 5.67. The lowest BCUT2D eigenvalue weighted by Gasteiger charge is -2.18. The quantitative estimate of drug-likeness (QED) is 0.636. The first-order chi connectivity index (χ1) is 15.3. The predicted molar refractivity (Wildman–Crippen MR) is 118 cm³/mol. The Bertz CT molecular complexity index is 1350. The molecule has 168 valence electrons. The van der Waals surface area contributed by atoms with Gasteiger partial charge in [0.05, 0.1) is 0 Å². The fourth-order valence-corrected chi connectivity index (χ4v) is 3.96. The number of benzene rings is 1. The lowest BCUT2D eigenvalue weighted by atomic mass is 9.96. The maximum atomic E-state index is 14.0. The Morgan fingerprint density at radius 1 is 1.22 bits per heavy atom. The summed E-state index contributed by atoms with van der Waals surface area (Å²) < 4.78 is 31.9.